The zero-order valence-corrected chi connectivity index (χ0v) is 13.4. The van der Waals surface area contributed by atoms with Crippen molar-refractivity contribution >= 4 is 5.82 Å². The van der Waals surface area contributed by atoms with Crippen molar-refractivity contribution in [3.63, 3.8) is 0 Å². The summed E-state index contributed by atoms with van der Waals surface area (Å²) in [5.41, 5.74) is 1.11. The molecule has 112 valence electrons. The van der Waals surface area contributed by atoms with E-state index in [1.54, 1.807) is 0 Å². The first-order valence-corrected chi connectivity index (χ1v) is 7.34. The van der Waals surface area contributed by atoms with E-state index in [1.807, 2.05) is 14.1 Å². The Morgan fingerprint density at radius 2 is 2.00 bits per heavy atom. The van der Waals surface area contributed by atoms with Crippen LogP contribution in [-0.4, -0.2) is 68.1 Å². The smallest absolute Gasteiger partial charge is 0.135 e. The first kappa shape index (κ1) is 15.2. The number of likely N-dealkylation sites (N-methyl/N-ethyl adjacent to an activating group) is 1. The van der Waals surface area contributed by atoms with Gasteiger partial charge in [-0.2, -0.15) is 0 Å². The number of piperidine rings is 1. The van der Waals surface area contributed by atoms with E-state index in [-0.39, 0.29) is 0 Å². The van der Waals surface area contributed by atoms with Gasteiger partial charge in [-0.3, -0.25) is 0 Å². The fourth-order valence-electron chi connectivity index (χ4n) is 2.70. The van der Waals surface area contributed by atoms with Crippen LogP contribution in [0.1, 0.15) is 30.3 Å². The monoisotopic (exact) mass is 277 g/mol. The van der Waals surface area contributed by atoms with Gasteiger partial charge in [0.15, 0.2) is 0 Å². The summed E-state index contributed by atoms with van der Waals surface area (Å²) in [4.78, 5) is 16.2. The molecule has 0 bridgehead atoms. The summed E-state index contributed by atoms with van der Waals surface area (Å²) in [6, 6.07) is 2.09. The van der Waals surface area contributed by atoms with Crippen LogP contribution in [0.25, 0.3) is 0 Å². The highest BCUT2D eigenvalue weighted by Gasteiger charge is 2.22. The van der Waals surface area contributed by atoms with E-state index in [2.05, 4.69) is 41.9 Å². The van der Waals surface area contributed by atoms with E-state index in [1.165, 1.54) is 19.4 Å². The maximum Gasteiger partial charge on any atom is 0.135 e. The third kappa shape index (κ3) is 3.90. The topological polar surface area (TPSA) is 35.5 Å². The highest BCUT2D eigenvalue weighted by molar-refractivity contribution is 5.38. The second-order valence-electron chi connectivity index (χ2n) is 6.31. The molecule has 0 N–H and O–H groups in total. The van der Waals surface area contributed by atoms with E-state index in [0.717, 1.165) is 30.4 Å². The van der Waals surface area contributed by atoms with Crippen LogP contribution in [0.4, 0.5) is 5.82 Å². The Morgan fingerprint density at radius 1 is 1.25 bits per heavy atom. The van der Waals surface area contributed by atoms with Gasteiger partial charge in [0.05, 0.1) is 5.69 Å². The molecular weight excluding hydrogens is 250 g/mol. The van der Waals surface area contributed by atoms with Crippen molar-refractivity contribution in [2.45, 2.75) is 25.3 Å². The van der Waals surface area contributed by atoms with E-state index >= 15 is 0 Å². The van der Waals surface area contributed by atoms with Gasteiger partial charge < -0.3 is 14.7 Å². The van der Waals surface area contributed by atoms with Crippen LogP contribution in [0.5, 0.6) is 0 Å². The molecule has 1 fully saturated rings. The van der Waals surface area contributed by atoms with Gasteiger partial charge in [-0.1, -0.05) is 0 Å². The standard InChI is InChI=1S/C15H27N5/c1-18(2)11-13-9-14(19(3)4)17-15(16-13)12-7-6-8-20(5)10-12/h9,12H,6-8,10-11H2,1-5H3. The van der Waals surface area contributed by atoms with Crippen molar-refractivity contribution in [2.24, 2.45) is 0 Å². The molecule has 1 aromatic rings. The summed E-state index contributed by atoms with van der Waals surface area (Å²) in [6.07, 6.45) is 2.43. The molecule has 5 heteroatoms. The Hall–Kier alpha value is -1.20. The SMILES string of the molecule is CN(C)Cc1cc(N(C)C)nc(C2CCCN(C)C2)n1. The Bertz CT molecular complexity index is 444. The normalized spacial score (nSPS) is 20.4. The summed E-state index contributed by atoms with van der Waals surface area (Å²) >= 11 is 0. The Balaban J connectivity index is 2.28. The van der Waals surface area contributed by atoms with Crippen LogP contribution in [0.2, 0.25) is 0 Å². The van der Waals surface area contributed by atoms with Gasteiger partial charge in [0.25, 0.3) is 0 Å². The van der Waals surface area contributed by atoms with E-state index < -0.39 is 0 Å². The molecule has 1 aromatic heterocycles. The van der Waals surface area contributed by atoms with Gasteiger partial charge in [0, 0.05) is 39.2 Å². The van der Waals surface area contributed by atoms with Crippen molar-refractivity contribution in [1.29, 1.82) is 0 Å². The van der Waals surface area contributed by atoms with Crippen molar-refractivity contribution < 1.29 is 0 Å². The van der Waals surface area contributed by atoms with Crippen LogP contribution in [0, 0.1) is 0 Å². The van der Waals surface area contributed by atoms with Crippen LogP contribution in [0.3, 0.4) is 0 Å². The predicted molar refractivity (Wildman–Crippen MR) is 83.2 cm³/mol. The molecule has 0 aromatic carbocycles. The second-order valence-corrected chi connectivity index (χ2v) is 6.31. The molecule has 0 aliphatic carbocycles. The van der Waals surface area contributed by atoms with Crippen LogP contribution in [-0.2, 0) is 6.54 Å². The zero-order valence-electron chi connectivity index (χ0n) is 13.4. The fraction of sp³-hybridized carbons (Fsp3) is 0.733. The number of aromatic nitrogens is 2. The zero-order chi connectivity index (χ0) is 14.7. The molecule has 1 aliphatic heterocycles. The van der Waals surface area contributed by atoms with Crippen molar-refractivity contribution in [3.05, 3.63) is 17.6 Å². The summed E-state index contributed by atoms with van der Waals surface area (Å²) in [7, 11) is 10.4. The predicted octanol–water partition coefficient (Wildman–Crippen LogP) is 1.41. The highest BCUT2D eigenvalue weighted by Crippen LogP contribution is 2.25. The third-order valence-electron chi connectivity index (χ3n) is 3.71. The molecule has 0 radical (unpaired) electrons. The molecule has 1 atom stereocenters. The van der Waals surface area contributed by atoms with E-state index in [4.69, 9.17) is 9.97 Å². The fourth-order valence-corrected chi connectivity index (χ4v) is 2.70. The second kappa shape index (κ2) is 6.50. The van der Waals surface area contributed by atoms with Gasteiger partial charge in [-0.25, -0.2) is 9.97 Å². The maximum absolute atomic E-state index is 4.81. The summed E-state index contributed by atoms with van der Waals surface area (Å²) in [5.74, 6) is 2.49. The van der Waals surface area contributed by atoms with Crippen LogP contribution in [0.15, 0.2) is 6.07 Å². The third-order valence-corrected chi connectivity index (χ3v) is 3.71. The van der Waals surface area contributed by atoms with Crippen LogP contribution < -0.4 is 4.90 Å². The van der Waals surface area contributed by atoms with Gasteiger partial charge in [-0.15, -0.1) is 0 Å². The van der Waals surface area contributed by atoms with Crippen LogP contribution >= 0.6 is 0 Å². The van der Waals surface area contributed by atoms with Crippen molar-refractivity contribution in [2.75, 3.05) is 53.2 Å². The molecule has 0 amide bonds. The highest BCUT2D eigenvalue weighted by atomic mass is 15.2. The Morgan fingerprint density at radius 3 is 2.60 bits per heavy atom. The average molecular weight is 277 g/mol. The number of hydrogen-bond donors (Lipinski definition) is 0. The molecule has 20 heavy (non-hydrogen) atoms. The number of likely N-dealkylation sites (tertiary alicyclic amines) is 1. The Labute approximate surface area is 122 Å². The van der Waals surface area contributed by atoms with Gasteiger partial charge in [0.2, 0.25) is 0 Å². The molecule has 2 heterocycles. The van der Waals surface area contributed by atoms with Gasteiger partial charge in [-0.05, 0) is 40.5 Å². The maximum atomic E-state index is 4.81. The van der Waals surface area contributed by atoms with Crippen molar-refractivity contribution in [1.82, 2.24) is 19.8 Å². The first-order valence-electron chi connectivity index (χ1n) is 7.34. The number of hydrogen-bond acceptors (Lipinski definition) is 5. The van der Waals surface area contributed by atoms with E-state index in [0.29, 0.717) is 5.92 Å². The molecule has 2 rings (SSSR count). The summed E-state index contributed by atoms with van der Waals surface area (Å²) in [5, 5.41) is 0. The quantitative estimate of drug-likeness (QED) is 0.831. The lowest BCUT2D eigenvalue weighted by molar-refractivity contribution is 0.245. The molecule has 5 nitrogen and oxygen atoms in total. The lowest BCUT2D eigenvalue weighted by Crippen LogP contribution is -2.32. The molecular formula is C15H27N5. The molecule has 0 spiro atoms. The molecule has 1 aliphatic rings. The number of nitrogens with zero attached hydrogens (tertiary/aromatic N) is 5. The lowest BCUT2D eigenvalue weighted by atomic mass is 9.97. The summed E-state index contributed by atoms with van der Waals surface area (Å²) < 4.78 is 0. The minimum Gasteiger partial charge on any atom is -0.363 e. The summed E-state index contributed by atoms with van der Waals surface area (Å²) in [6.45, 7) is 3.12. The van der Waals surface area contributed by atoms with Gasteiger partial charge >= 0.3 is 0 Å². The van der Waals surface area contributed by atoms with E-state index in [9.17, 15) is 0 Å². The number of rotatable bonds is 4. The largest absolute Gasteiger partial charge is 0.363 e. The molecule has 1 unspecified atom stereocenters. The van der Waals surface area contributed by atoms with Crippen molar-refractivity contribution in [3.8, 4) is 0 Å². The minimum absolute atomic E-state index is 0.467. The molecule has 0 saturated carbocycles. The number of anilines is 1. The molecule has 1 saturated heterocycles. The van der Waals surface area contributed by atoms with Gasteiger partial charge in [0.1, 0.15) is 11.6 Å². The Kier molecular flexibility index (Phi) is 4.94. The first-order chi connectivity index (χ1) is 9.45. The minimum atomic E-state index is 0.467. The average Bonchev–Trinajstić information content (AvgIpc) is 2.37. The lowest BCUT2D eigenvalue weighted by Gasteiger charge is -2.29.